The van der Waals surface area contributed by atoms with E-state index in [1.165, 1.54) is 18.3 Å². The monoisotopic (exact) mass is 290 g/mol. The van der Waals surface area contributed by atoms with E-state index in [4.69, 9.17) is 16.7 Å². The summed E-state index contributed by atoms with van der Waals surface area (Å²) in [5, 5.41) is 12.1. The van der Waals surface area contributed by atoms with Gasteiger partial charge in [-0.25, -0.2) is 9.78 Å². The summed E-state index contributed by atoms with van der Waals surface area (Å²) in [5.74, 6) is -1.53. The van der Waals surface area contributed by atoms with Crippen LogP contribution >= 0.6 is 11.6 Å². The number of benzene rings is 1. The zero-order valence-electron chi connectivity index (χ0n) is 10.3. The van der Waals surface area contributed by atoms with Crippen molar-refractivity contribution < 1.29 is 14.7 Å². The summed E-state index contributed by atoms with van der Waals surface area (Å²) in [6.45, 7) is 0.334. The van der Waals surface area contributed by atoms with Crippen LogP contribution in [0.15, 0.2) is 42.6 Å². The van der Waals surface area contributed by atoms with E-state index in [0.717, 1.165) is 5.56 Å². The number of amides is 1. The number of aromatic carboxylic acids is 1. The standard InChI is InChI=1S/C14H11ClN2O3/c15-11-3-1-9(2-4-11)8-17-13(18)10-5-6-16-12(7-10)14(19)20/h1-7H,8H2,(H,17,18)(H,19,20). The Bertz CT molecular complexity index is 641. The minimum absolute atomic E-state index is 0.163. The molecule has 5 nitrogen and oxygen atoms in total. The SMILES string of the molecule is O=C(NCc1ccc(Cl)cc1)c1ccnc(C(=O)O)c1. The molecule has 1 aromatic heterocycles. The maximum Gasteiger partial charge on any atom is 0.354 e. The van der Waals surface area contributed by atoms with Gasteiger partial charge in [-0.05, 0) is 29.8 Å². The molecule has 0 aliphatic heterocycles. The second-order valence-corrected chi connectivity index (χ2v) is 4.48. The quantitative estimate of drug-likeness (QED) is 0.906. The van der Waals surface area contributed by atoms with Crippen molar-refractivity contribution in [2.24, 2.45) is 0 Å². The van der Waals surface area contributed by atoms with Gasteiger partial charge in [-0.1, -0.05) is 23.7 Å². The fourth-order valence-corrected chi connectivity index (χ4v) is 1.70. The predicted octanol–water partition coefficient (Wildman–Crippen LogP) is 2.36. The molecule has 20 heavy (non-hydrogen) atoms. The van der Waals surface area contributed by atoms with Crippen molar-refractivity contribution in [2.45, 2.75) is 6.54 Å². The number of carbonyl (C=O) groups is 2. The first-order valence-electron chi connectivity index (χ1n) is 5.78. The Morgan fingerprint density at radius 3 is 2.55 bits per heavy atom. The molecule has 0 fully saturated rings. The Hall–Kier alpha value is -2.40. The summed E-state index contributed by atoms with van der Waals surface area (Å²) in [6.07, 6.45) is 1.29. The van der Waals surface area contributed by atoms with Crippen LogP contribution in [0.1, 0.15) is 26.4 Å². The van der Waals surface area contributed by atoms with E-state index < -0.39 is 5.97 Å². The molecule has 2 rings (SSSR count). The summed E-state index contributed by atoms with van der Waals surface area (Å²) >= 11 is 5.77. The molecule has 0 atom stereocenters. The third kappa shape index (κ3) is 3.55. The van der Waals surface area contributed by atoms with Crippen LogP contribution in [-0.4, -0.2) is 22.0 Å². The van der Waals surface area contributed by atoms with Crippen molar-refractivity contribution in [2.75, 3.05) is 0 Å². The van der Waals surface area contributed by atoms with Gasteiger partial charge in [-0.15, -0.1) is 0 Å². The number of pyridine rings is 1. The molecule has 2 N–H and O–H groups in total. The Morgan fingerprint density at radius 2 is 1.90 bits per heavy atom. The number of carbonyl (C=O) groups excluding carboxylic acids is 1. The summed E-state index contributed by atoms with van der Waals surface area (Å²) in [6, 6.07) is 9.77. The van der Waals surface area contributed by atoms with E-state index >= 15 is 0 Å². The van der Waals surface area contributed by atoms with Gasteiger partial charge in [-0.3, -0.25) is 4.79 Å². The highest BCUT2D eigenvalue weighted by Gasteiger charge is 2.10. The number of rotatable bonds is 4. The molecule has 102 valence electrons. The van der Waals surface area contributed by atoms with Gasteiger partial charge in [-0.2, -0.15) is 0 Å². The molecule has 0 spiro atoms. The maximum absolute atomic E-state index is 11.9. The minimum Gasteiger partial charge on any atom is -0.477 e. The van der Waals surface area contributed by atoms with Crippen molar-refractivity contribution in [1.29, 1.82) is 0 Å². The van der Waals surface area contributed by atoms with Gasteiger partial charge in [0.1, 0.15) is 5.69 Å². The maximum atomic E-state index is 11.9. The lowest BCUT2D eigenvalue weighted by molar-refractivity contribution is 0.0690. The third-order valence-corrected chi connectivity index (χ3v) is 2.86. The number of nitrogens with zero attached hydrogens (tertiary/aromatic N) is 1. The van der Waals surface area contributed by atoms with Crippen molar-refractivity contribution in [3.8, 4) is 0 Å². The van der Waals surface area contributed by atoms with Gasteiger partial charge in [0.2, 0.25) is 0 Å². The molecular formula is C14H11ClN2O3. The van der Waals surface area contributed by atoms with E-state index in [0.29, 0.717) is 11.6 Å². The summed E-state index contributed by atoms with van der Waals surface area (Å²) in [5.41, 5.74) is 0.991. The van der Waals surface area contributed by atoms with Crippen LogP contribution in [0, 0.1) is 0 Å². The van der Waals surface area contributed by atoms with Gasteiger partial charge in [0.15, 0.2) is 0 Å². The van der Waals surface area contributed by atoms with Crippen molar-refractivity contribution >= 4 is 23.5 Å². The molecule has 0 aliphatic carbocycles. The van der Waals surface area contributed by atoms with Crippen molar-refractivity contribution in [3.63, 3.8) is 0 Å². The number of hydrogen-bond donors (Lipinski definition) is 2. The van der Waals surface area contributed by atoms with Gasteiger partial charge >= 0.3 is 5.97 Å². The molecule has 6 heteroatoms. The Morgan fingerprint density at radius 1 is 1.20 bits per heavy atom. The molecule has 1 aromatic carbocycles. The minimum atomic E-state index is -1.17. The topological polar surface area (TPSA) is 79.3 Å². The van der Waals surface area contributed by atoms with Gasteiger partial charge in [0.25, 0.3) is 5.91 Å². The average Bonchev–Trinajstić information content (AvgIpc) is 2.46. The number of carboxylic acid groups (broad SMARTS) is 1. The number of halogens is 1. The molecule has 1 amide bonds. The molecular weight excluding hydrogens is 280 g/mol. The smallest absolute Gasteiger partial charge is 0.354 e. The van der Waals surface area contributed by atoms with Gasteiger partial charge in [0, 0.05) is 23.3 Å². The third-order valence-electron chi connectivity index (χ3n) is 2.61. The van der Waals surface area contributed by atoms with Crippen LogP contribution in [-0.2, 0) is 6.54 Å². The van der Waals surface area contributed by atoms with Crippen LogP contribution in [0.5, 0.6) is 0 Å². The summed E-state index contributed by atoms with van der Waals surface area (Å²) in [4.78, 5) is 26.3. The zero-order valence-corrected chi connectivity index (χ0v) is 11.1. The van der Waals surface area contributed by atoms with E-state index in [2.05, 4.69) is 10.3 Å². The Balaban J connectivity index is 2.03. The second kappa shape index (κ2) is 6.16. The van der Waals surface area contributed by atoms with Crippen LogP contribution in [0.2, 0.25) is 5.02 Å². The number of aromatic nitrogens is 1. The van der Waals surface area contributed by atoms with Crippen LogP contribution in [0.3, 0.4) is 0 Å². The number of hydrogen-bond acceptors (Lipinski definition) is 3. The normalized spacial score (nSPS) is 10.1. The first-order valence-corrected chi connectivity index (χ1v) is 6.16. The Labute approximate surface area is 120 Å². The van der Waals surface area contributed by atoms with E-state index in [1.807, 2.05) is 0 Å². The van der Waals surface area contributed by atoms with Crippen LogP contribution in [0.25, 0.3) is 0 Å². The lowest BCUT2D eigenvalue weighted by Gasteiger charge is -2.06. The first kappa shape index (κ1) is 14.0. The molecule has 0 saturated heterocycles. The zero-order chi connectivity index (χ0) is 14.5. The fourth-order valence-electron chi connectivity index (χ4n) is 1.58. The number of carboxylic acids is 1. The first-order chi connectivity index (χ1) is 9.56. The molecule has 1 heterocycles. The molecule has 2 aromatic rings. The molecule has 0 bridgehead atoms. The highest BCUT2D eigenvalue weighted by atomic mass is 35.5. The van der Waals surface area contributed by atoms with E-state index in [9.17, 15) is 9.59 Å². The van der Waals surface area contributed by atoms with Gasteiger partial charge in [0.05, 0.1) is 0 Å². The fraction of sp³-hybridized carbons (Fsp3) is 0.0714. The van der Waals surface area contributed by atoms with Crippen molar-refractivity contribution in [1.82, 2.24) is 10.3 Å². The number of nitrogens with one attached hydrogen (secondary N) is 1. The molecule has 0 aliphatic rings. The van der Waals surface area contributed by atoms with Crippen LogP contribution in [0.4, 0.5) is 0 Å². The summed E-state index contributed by atoms with van der Waals surface area (Å²) < 4.78 is 0. The summed E-state index contributed by atoms with van der Waals surface area (Å²) in [7, 11) is 0. The molecule has 0 unspecified atom stereocenters. The lowest BCUT2D eigenvalue weighted by Crippen LogP contribution is -2.23. The van der Waals surface area contributed by atoms with Gasteiger partial charge < -0.3 is 10.4 Å². The van der Waals surface area contributed by atoms with Crippen molar-refractivity contribution in [3.05, 3.63) is 64.4 Å². The van der Waals surface area contributed by atoms with Crippen LogP contribution < -0.4 is 5.32 Å². The average molecular weight is 291 g/mol. The predicted molar refractivity (Wildman–Crippen MR) is 73.8 cm³/mol. The lowest BCUT2D eigenvalue weighted by atomic mass is 10.2. The second-order valence-electron chi connectivity index (χ2n) is 4.04. The molecule has 0 radical (unpaired) electrons. The Kier molecular flexibility index (Phi) is 4.32. The van der Waals surface area contributed by atoms with E-state index in [-0.39, 0.29) is 17.2 Å². The molecule has 0 saturated carbocycles. The highest BCUT2D eigenvalue weighted by Crippen LogP contribution is 2.09. The highest BCUT2D eigenvalue weighted by molar-refractivity contribution is 6.30. The van der Waals surface area contributed by atoms with E-state index in [1.54, 1.807) is 24.3 Å². The largest absolute Gasteiger partial charge is 0.477 e.